The second-order valence-corrected chi connectivity index (χ2v) is 6.41. The third kappa shape index (κ3) is 3.26. The number of carbonyl (C=O) groups is 1. The van der Waals surface area contributed by atoms with Crippen LogP contribution >= 0.6 is 0 Å². The molecule has 0 aliphatic carbocycles. The van der Waals surface area contributed by atoms with Crippen molar-refractivity contribution in [2.24, 2.45) is 0 Å². The Morgan fingerprint density at radius 2 is 1.93 bits per heavy atom. The summed E-state index contributed by atoms with van der Waals surface area (Å²) in [7, 11) is -3.44. The number of hydrogen-bond acceptors (Lipinski definition) is 4. The van der Waals surface area contributed by atoms with Crippen molar-refractivity contribution < 1.29 is 18.3 Å². The summed E-state index contributed by atoms with van der Waals surface area (Å²) < 4.78 is 21.0. The number of aliphatic hydroxyl groups excluding tert-OH is 1. The van der Waals surface area contributed by atoms with E-state index in [1.165, 1.54) is 20.8 Å². The SMILES string of the molecule is C[C@@H](O)CNC(=O)C(C)(C)S(C)(=O)=O. The normalized spacial score (nSPS) is 14.9. The molecule has 0 fully saturated rings. The van der Waals surface area contributed by atoms with Crippen molar-refractivity contribution in [2.75, 3.05) is 12.8 Å². The van der Waals surface area contributed by atoms with E-state index in [1.54, 1.807) is 0 Å². The highest BCUT2D eigenvalue weighted by molar-refractivity contribution is 7.92. The van der Waals surface area contributed by atoms with E-state index in [2.05, 4.69) is 5.32 Å². The first-order valence-corrected chi connectivity index (χ1v) is 6.14. The summed E-state index contributed by atoms with van der Waals surface area (Å²) in [5.74, 6) is -0.596. The summed E-state index contributed by atoms with van der Waals surface area (Å²) in [6.45, 7) is 4.23. The molecule has 0 aliphatic rings. The predicted octanol–water partition coefficient (Wildman–Crippen LogP) is -0.693. The monoisotopic (exact) mass is 223 g/mol. The second kappa shape index (κ2) is 4.27. The smallest absolute Gasteiger partial charge is 0.240 e. The lowest BCUT2D eigenvalue weighted by atomic mass is 10.2. The van der Waals surface area contributed by atoms with E-state index in [-0.39, 0.29) is 6.54 Å². The molecule has 0 aromatic heterocycles. The van der Waals surface area contributed by atoms with Gasteiger partial charge < -0.3 is 10.4 Å². The Bertz CT molecular complexity index is 305. The van der Waals surface area contributed by atoms with Gasteiger partial charge in [-0.25, -0.2) is 8.42 Å². The molecule has 6 heteroatoms. The third-order valence-electron chi connectivity index (χ3n) is 2.03. The Hall–Kier alpha value is -0.620. The van der Waals surface area contributed by atoms with Gasteiger partial charge in [0, 0.05) is 12.8 Å². The molecule has 0 rings (SSSR count). The Morgan fingerprint density at radius 3 is 2.21 bits per heavy atom. The van der Waals surface area contributed by atoms with Gasteiger partial charge in [-0.15, -0.1) is 0 Å². The summed E-state index contributed by atoms with van der Waals surface area (Å²) in [6.07, 6.45) is 0.323. The highest BCUT2D eigenvalue weighted by Gasteiger charge is 2.38. The molecule has 0 saturated carbocycles. The van der Waals surface area contributed by atoms with E-state index in [9.17, 15) is 13.2 Å². The lowest BCUT2D eigenvalue weighted by Crippen LogP contribution is -2.49. The molecule has 1 amide bonds. The molecule has 1 atom stereocenters. The van der Waals surface area contributed by atoms with E-state index in [0.29, 0.717) is 0 Å². The summed E-state index contributed by atoms with van der Waals surface area (Å²) >= 11 is 0. The highest BCUT2D eigenvalue weighted by Crippen LogP contribution is 2.14. The number of hydrogen-bond donors (Lipinski definition) is 2. The lowest BCUT2D eigenvalue weighted by Gasteiger charge is -2.21. The average molecular weight is 223 g/mol. The summed E-state index contributed by atoms with van der Waals surface area (Å²) in [6, 6.07) is 0. The fraction of sp³-hybridized carbons (Fsp3) is 0.875. The van der Waals surface area contributed by atoms with Gasteiger partial charge in [0.1, 0.15) is 4.75 Å². The van der Waals surface area contributed by atoms with Crippen LogP contribution in [0.3, 0.4) is 0 Å². The van der Waals surface area contributed by atoms with Crippen molar-refractivity contribution in [2.45, 2.75) is 31.6 Å². The van der Waals surface area contributed by atoms with Crippen molar-refractivity contribution in [1.82, 2.24) is 5.32 Å². The number of amides is 1. The van der Waals surface area contributed by atoms with Crippen molar-refractivity contribution in [3.8, 4) is 0 Å². The van der Waals surface area contributed by atoms with Crippen molar-refractivity contribution in [3.63, 3.8) is 0 Å². The molecule has 84 valence electrons. The van der Waals surface area contributed by atoms with Gasteiger partial charge in [-0.2, -0.15) is 0 Å². The first-order valence-electron chi connectivity index (χ1n) is 4.25. The van der Waals surface area contributed by atoms with Crippen LogP contribution in [0, 0.1) is 0 Å². The van der Waals surface area contributed by atoms with Gasteiger partial charge in [-0.1, -0.05) is 0 Å². The van der Waals surface area contributed by atoms with Crippen LogP contribution in [0.2, 0.25) is 0 Å². The topological polar surface area (TPSA) is 83.5 Å². The van der Waals surface area contributed by atoms with Crippen LogP contribution in [0.1, 0.15) is 20.8 Å². The lowest BCUT2D eigenvalue weighted by molar-refractivity contribution is -0.123. The molecule has 0 aliphatic heterocycles. The van der Waals surface area contributed by atoms with Crippen LogP contribution in [0.5, 0.6) is 0 Å². The van der Waals surface area contributed by atoms with Crippen LogP contribution in [-0.2, 0) is 14.6 Å². The zero-order valence-corrected chi connectivity index (χ0v) is 9.68. The van der Waals surface area contributed by atoms with Crippen molar-refractivity contribution in [3.05, 3.63) is 0 Å². The molecule has 0 aromatic rings. The molecule has 0 heterocycles. The average Bonchev–Trinajstić information content (AvgIpc) is 1.97. The van der Waals surface area contributed by atoms with Crippen LogP contribution < -0.4 is 5.32 Å². The van der Waals surface area contributed by atoms with Gasteiger partial charge in [0.2, 0.25) is 5.91 Å². The summed E-state index contributed by atoms with van der Waals surface area (Å²) in [5, 5.41) is 11.3. The molecular formula is C8H17NO4S. The van der Waals surface area contributed by atoms with Gasteiger partial charge in [-0.3, -0.25) is 4.79 Å². The summed E-state index contributed by atoms with van der Waals surface area (Å²) in [4.78, 5) is 11.4. The number of carbonyl (C=O) groups excluding carboxylic acids is 1. The molecule has 14 heavy (non-hydrogen) atoms. The fourth-order valence-corrected chi connectivity index (χ4v) is 1.03. The van der Waals surface area contributed by atoms with Crippen LogP contribution in [-0.4, -0.2) is 43.1 Å². The number of nitrogens with one attached hydrogen (secondary N) is 1. The first-order chi connectivity index (χ1) is 6.09. The Balaban J connectivity index is 4.54. The van der Waals surface area contributed by atoms with Gasteiger partial charge in [0.05, 0.1) is 6.10 Å². The molecule has 0 radical (unpaired) electrons. The Morgan fingerprint density at radius 1 is 1.50 bits per heavy atom. The number of sulfone groups is 1. The largest absolute Gasteiger partial charge is 0.392 e. The molecule has 0 bridgehead atoms. The zero-order chi connectivity index (χ0) is 11.6. The fourth-order valence-electron chi connectivity index (χ4n) is 0.622. The molecule has 2 N–H and O–H groups in total. The van der Waals surface area contributed by atoms with Gasteiger partial charge >= 0.3 is 0 Å². The van der Waals surface area contributed by atoms with Crippen molar-refractivity contribution in [1.29, 1.82) is 0 Å². The molecular weight excluding hydrogens is 206 g/mol. The van der Waals surface area contributed by atoms with Gasteiger partial charge in [-0.05, 0) is 20.8 Å². The molecule has 0 spiro atoms. The van der Waals surface area contributed by atoms with E-state index >= 15 is 0 Å². The van der Waals surface area contributed by atoms with E-state index < -0.39 is 26.6 Å². The zero-order valence-electron chi connectivity index (χ0n) is 8.86. The van der Waals surface area contributed by atoms with E-state index in [1.807, 2.05) is 0 Å². The maximum Gasteiger partial charge on any atom is 0.240 e. The molecule has 0 saturated heterocycles. The standard InChI is InChI=1S/C8H17NO4S/c1-6(10)5-9-7(11)8(2,3)14(4,12)13/h6,10H,5H2,1-4H3,(H,9,11)/t6-/m1/s1. The Kier molecular flexibility index (Phi) is 4.08. The molecule has 5 nitrogen and oxygen atoms in total. The molecule has 0 aromatic carbocycles. The summed E-state index contributed by atoms with van der Waals surface area (Å²) in [5.41, 5.74) is 0. The van der Waals surface area contributed by atoms with Crippen LogP contribution in [0.4, 0.5) is 0 Å². The maximum absolute atomic E-state index is 11.4. The minimum atomic E-state index is -3.44. The van der Waals surface area contributed by atoms with Crippen LogP contribution in [0.25, 0.3) is 0 Å². The Labute approximate surface area is 84.4 Å². The third-order valence-corrected chi connectivity index (χ3v) is 4.07. The minimum Gasteiger partial charge on any atom is -0.392 e. The number of rotatable bonds is 4. The van der Waals surface area contributed by atoms with Gasteiger partial charge in [0.25, 0.3) is 0 Å². The molecule has 0 unspecified atom stereocenters. The van der Waals surface area contributed by atoms with E-state index in [0.717, 1.165) is 6.26 Å². The second-order valence-electron chi connectivity index (χ2n) is 3.84. The first kappa shape index (κ1) is 13.4. The van der Waals surface area contributed by atoms with E-state index in [4.69, 9.17) is 5.11 Å². The number of aliphatic hydroxyl groups is 1. The van der Waals surface area contributed by atoms with Crippen molar-refractivity contribution >= 4 is 15.7 Å². The highest BCUT2D eigenvalue weighted by atomic mass is 32.2. The quantitative estimate of drug-likeness (QED) is 0.660. The minimum absolute atomic E-state index is 0.0534. The van der Waals surface area contributed by atoms with Crippen LogP contribution in [0.15, 0.2) is 0 Å². The maximum atomic E-state index is 11.4. The van der Waals surface area contributed by atoms with Gasteiger partial charge in [0.15, 0.2) is 9.84 Å². The predicted molar refractivity (Wildman–Crippen MR) is 53.6 cm³/mol.